The lowest BCUT2D eigenvalue weighted by Crippen LogP contribution is -2.39. The predicted molar refractivity (Wildman–Crippen MR) is 98.3 cm³/mol. The van der Waals surface area contributed by atoms with Crippen LogP contribution in [-0.4, -0.2) is 33.8 Å². The zero-order chi connectivity index (χ0) is 16.8. The molecule has 1 aliphatic heterocycles. The number of fused-ring (bicyclic) bond motifs is 1. The standard InChI is InChI=1S/C17H26N6S/c1-3-18-17(19-11-13(2)10-14-6-5-9-24-14)20-12-16-22-21-15-7-4-8-23(15)16/h5-6,9,13H,3-4,7-8,10-12H2,1-2H3,(H2,18,19,20). The molecule has 0 saturated heterocycles. The van der Waals surface area contributed by atoms with Crippen LogP contribution in [0.4, 0.5) is 0 Å². The molecule has 0 spiro atoms. The molecule has 7 heteroatoms. The van der Waals surface area contributed by atoms with E-state index in [2.05, 4.69) is 61.8 Å². The first-order chi connectivity index (χ1) is 11.8. The Labute approximate surface area is 147 Å². The van der Waals surface area contributed by atoms with Gasteiger partial charge in [-0.1, -0.05) is 13.0 Å². The molecule has 0 radical (unpaired) electrons. The van der Waals surface area contributed by atoms with Gasteiger partial charge >= 0.3 is 0 Å². The van der Waals surface area contributed by atoms with Gasteiger partial charge < -0.3 is 15.2 Å². The fraction of sp³-hybridized carbons (Fsp3) is 0.588. The fourth-order valence-electron chi connectivity index (χ4n) is 2.93. The number of rotatable bonds is 7. The van der Waals surface area contributed by atoms with Crippen molar-refractivity contribution in [2.75, 3.05) is 13.1 Å². The Morgan fingerprint density at radius 2 is 2.33 bits per heavy atom. The summed E-state index contributed by atoms with van der Waals surface area (Å²) in [5, 5.41) is 17.4. The van der Waals surface area contributed by atoms with Crippen molar-refractivity contribution in [1.82, 2.24) is 25.4 Å². The monoisotopic (exact) mass is 346 g/mol. The molecular formula is C17H26N6S. The first kappa shape index (κ1) is 17.0. The van der Waals surface area contributed by atoms with Crippen LogP contribution >= 0.6 is 11.3 Å². The summed E-state index contributed by atoms with van der Waals surface area (Å²) in [7, 11) is 0. The van der Waals surface area contributed by atoms with Crippen LogP contribution in [0.15, 0.2) is 22.5 Å². The van der Waals surface area contributed by atoms with Crippen molar-refractivity contribution in [2.24, 2.45) is 10.9 Å². The number of aliphatic imine (C=N–C) groups is 1. The molecule has 2 aromatic heterocycles. The van der Waals surface area contributed by atoms with Crippen molar-refractivity contribution in [3.05, 3.63) is 34.0 Å². The second-order valence-corrected chi connectivity index (χ2v) is 7.28. The zero-order valence-corrected chi connectivity index (χ0v) is 15.3. The second kappa shape index (κ2) is 8.28. The van der Waals surface area contributed by atoms with E-state index in [4.69, 9.17) is 0 Å². The molecule has 1 aliphatic rings. The van der Waals surface area contributed by atoms with E-state index < -0.39 is 0 Å². The van der Waals surface area contributed by atoms with Crippen molar-refractivity contribution >= 4 is 17.3 Å². The van der Waals surface area contributed by atoms with E-state index in [9.17, 15) is 0 Å². The molecule has 0 amide bonds. The third-order valence-corrected chi connectivity index (χ3v) is 5.06. The Kier molecular flexibility index (Phi) is 5.85. The van der Waals surface area contributed by atoms with Crippen LogP contribution < -0.4 is 10.6 Å². The quantitative estimate of drug-likeness (QED) is 0.596. The second-order valence-electron chi connectivity index (χ2n) is 6.25. The highest BCUT2D eigenvalue weighted by atomic mass is 32.1. The van der Waals surface area contributed by atoms with Crippen LogP contribution in [0, 0.1) is 5.92 Å². The maximum atomic E-state index is 4.68. The minimum absolute atomic E-state index is 0.560. The highest BCUT2D eigenvalue weighted by Crippen LogP contribution is 2.15. The third-order valence-electron chi connectivity index (χ3n) is 4.16. The lowest BCUT2D eigenvalue weighted by atomic mass is 10.1. The largest absolute Gasteiger partial charge is 0.357 e. The molecule has 0 aromatic carbocycles. The van der Waals surface area contributed by atoms with Gasteiger partial charge in [-0.2, -0.15) is 0 Å². The number of hydrogen-bond donors (Lipinski definition) is 2. The number of guanidine groups is 1. The van der Waals surface area contributed by atoms with Gasteiger partial charge in [-0.15, -0.1) is 21.5 Å². The molecule has 130 valence electrons. The molecule has 3 rings (SSSR count). The zero-order valence-electron chi connectivity index (χ0n) is 14.5. The Bertz CT molecular complexity index is 661. The summed E-state index contributed by atoms with van der Waals surface area (Å²) in [6.07, 6.45) is 3.30. The van der Waals surface area contributed by atoms with Crippen LogP contribution in [0.3, 0.4) is 0 Å². The van der Waals surface area contributed by atoms with Gasteiger partial charge in [0.25, 0.3) is 0 Å². The van der Waals surface area contributed by atoms with Gasteiger partial charge in [0.1, 0.15) is 12.4 Å². The van der Waals surface area contributed by atoms with Gasteiger partial charge in [0, 0.05) is 30.9 Å². The SMILES string of the molecule is CCNC(=NCc1nnc2n1CCC2)NCC(C)Cc1cccs1. The number of aromatic nitrogens is 3. The molecule has 2 aromatic rings. The molecule has 2 N–H and O–H groups in total. The molecule has 0 bridgehead atoms. The van der Waals surface area contributed by atoms with Crippen molar-refractivity contribution in [1.29, 1.82) is 0 Å². The van der Waals surface area contributed by atoms with E-state index in [1.54, 1.807) is 0 Å². The molecular weight excluding hydrogens is 320 g/mol. The average Bonchev–Trinajstić information content (AvgIpc) is 3.28. The topological polar surface area (TPSA) is 67.1 Å². The van der Waals surface area contributed by atoms with E-state index in [0.717, 1.165) is 50.1 Å². The summed E-state index contributed by atoms with van der Waals surface area (Å²) in [5.74, 6) is 3.48. The number of thiophene rings is 1. The van der Waals surface area contributed by atoms with E-state index in [-0.39, 0.29) is 0 Å². The van der Waals surface area contributed by atoms with E-state index >= 15 is 0 Å². The van der Waals surface area contributed by atoms with Crippen molar-refractivity contribution in [2.45, 2.75) is 46.2 Å². The van der Waals surface area contributed by atoms with Crippen LogP contribution in [0.1, 0.15) is 36.8 Å². The van der Waals surface area contributed by atoms with Crippen LogP contribution in [0.5, 0.6) is 0 Å². The predicted octanol–water partition coefficient (Wildman–Crippen LogP) is 2.22. The summed E-state index contributed by atoms with van der Waals surface area (Å²) in [4.78, 5) is 6.11. The first-order valence-electron chi connectivity index (χ1n) is 8.71. The van der Waals surface area contributed by atoms with E-state index in [0.29, 0.717) is 12.5 Å². The highest BCUT2D eigenvalue weighted by molar-refractivity contribution is 7.09. The molecule has 1 atom stereocenters. The minimum Gasteiger partial charge on any atom is -0.357 e. The van der Waals surface area contributed by atoms with Crippen molar-refractivity contribution in [3.63, 3.8) is 0 Å². The lowest BCUT2D eigenvalue weighted by Gasteiger charge is -2.15. The summed E-state index contributed by atoms with van der Waals surface area (Å²) in [6, 6.07) is 4.31. The van der Waals surface area contributed by atoms with Crippen molar-refractivity contribution in [3.8, 4) is 0 Å². The minimum atomic E-state index is 0.560. The molecule has 0 saturated carbocycles. The van der Waals surface area contributed by atoms with Gasteiger partial charge in [0.2, 0.25) is 0 Å². The highest BCUT2D eigenvalue weighted by Gasteiger charge is 2.16. The van der Waals surface area contributed by atoms with Crippen molar-refractivity contribution < 1.29 is 0 Å². The third kappa shape index (κ3) is 4.35. The summed E-state index contributed by atoms with van der Waals surface area (Å²) < 4.78 is 2.20. The molecule has 0 fully saturated rings. The summed E-state index contributed by atoms with van der Waals surface area (Å²) in [5.41, 5.74) is 0. The Morgan fingerprint density at radius 3 is 3.12 bits per heavy atom. The molecule has 6 nitrogen and oxygen atoms in total. The van der Waals surface area contributed by atoms with Crippen LogP contribution in [-0.2, 0) is 25.9 Å². The molecule has 0 aliphatic carbocycles. The number of hydrogen-bond acceptors (Lipinski definition) is 4. The average molecular weight is 347 g/mol. The van der Waals surface area contributed by atoms with Gasteiger partial charge in [0.15, 0.2) is 11.8 Å². The molecule has 3 heterocycles. The Morgan fingerprint density at radius 1 is 1.42 bits per heavy atom. The van der Waals surface area contributed by atoms with Crippen LogP contribution in [0.2, 0.25) is 0 Å². The Balaban J connectivity index is 1.53. The van der Waals surface area contributed by atoms with Gasteiger partial charge in [0.05, 0.1) is 0 Å². The van der Waals surface area contributed by atoms with Crippen LogP contribution in [0.25, 0.3) is 0 Å². The smallest absolute Gasteiger partial charge is 0.191 e. The maximum Gasteiger partial charge on any atom is 0.191 e. The fourth-order valence-corrected chi connectivity index (χ4v) is 3.80. The normalized spacial score (nSPS) is 15.3. The first-order valence-corrected chi connectivity index (χ1v) is 9.59. The van der Waals surface area contributed by atoms with Gasteiger partial charge in [-0.3, -0.25) is 0 Å². The summed E-state index contributed by atoms with van der Waals surface area (Å²) in [6.45, 7) is 7.70. The molecule has 1 unspecified atom stereocenters. The lowest BCUT2D eigenvalue weighted by molar-refractivity contribution is 0.561. The summed E-state index contributed by atoms with van der Waals surface area (Å²) >= 11 is 1.82. The van der Waals surface area contributed by atoms with Gasteiger partial charge in [-0.05, 0) is 37.1 Å². The van der Waals surface area contributed by atoms with E-state index in [1.807, 2.05) is 11.3 Å². The Hall–Kier alpha value is -1.89. The maximum absolute atomic E-state index is 4.68. The van der Waals surface area contributed by atoms with E-state index in [1.165, 1.54) is 11.3 Å². The number of nitrogens with one attached hydrogen (secondary N) is 2. The van der Waals surface area contributed by atoms with Gasteiger partial charge in [-0.25, -0.2) is 4.99 Å². The number of nitrogens with zero attached hydrogens (tertiary/aromatic N) is 4. The molecule has 24 heavy (non-hydrogen) atoms. The number of aryl methyl sites for hydroxylation is 1.